The summed E-state index contributed by atoms with van der Waals surface area (Å²) in [7, 11) is 0. The fraction of sp³-hybridized carbons (Fsp3) is 0.636. The summed E-state index contributed by atoms with van der Waals surface area (Å²) in [4.78, 5) is 20.7. The first-order chi connectivity index (χ1) is 13.6. The number of carbonyl (C=O) groups is 1. The molecule has 6 nitrogen and oxygen atoms in total. The highest BCUT2D eigenvalue weighted by Crippen LogP contribution is 2.59. The van der Waals surface area contributed by atoms with Crippen molar-refractivity contribution in [1.29, 1.82) is 0 Å². The van der Waals surface area contributed by atoms with Crippen LogP contribution in [0.2, 0.25) is 0 Å². The molecular weight excluding hydrogens is 356 g/mol. The smallest absolute Gasteiger partial charge is 0.255 e. The molecule has 4 aliphatic heterocycles. The van der Waals surface area contributed by atoms with Crippen molar-refractivity contribution in [2.75, 3.05) is 26.3 Å². The maximum absolute atomic E-state index is 13.1. The molecule has 1 amide bonds. The third-order valence-electron chi connectivity index (χ3n) is 7.04. The molecule has 1 aromatic rings. The van der Waals surface area contributed by atoms with Crippen molar-refractivity contribution >= 4 is 11.6 Å². The highest BCUT2D eigenvalue weighted by Gasteiger charge is 2.69. The van der Waals surface area contributed by atoms with Gasteiger partial charge in [-0.2, -0.15) is 0 Å². The van der Waals surface area contributed by atoms with Gasteiger partial charge in [-0.3, -0.25) is 4.79 Å². The summed E-state index contributed by atoms with van der Waals surface area (Å²) in [6.45, 7) is 3.18. The van der Waals surface area contributed by atoms with Crippen molar-refractivity contribution < 1.29 is 19.1 Å². The third-order valence-corrected chi connectivity index (χ3v) is 7.04. The van der Waals surface area contributed by atoms with Crippen LogP contribution in [0, 0.1) is 11.3 Å². The summed E-state index contributed by atoms with van der Waals surface area (Å²) in [6, 6.07) is 10.2. The van der Waals surface area contributed by atoms with E-state index in [9.17, 15) is 4.79 Å². The minimum absolute atomic E-state index is 0.0130. The highest BCUT2D eigenvalue weighted by atomic mass is 16.7. The average molecular weight is 382 g/mol. The quantitative estimate of drug-likeness (QED) is 0.759. The molecule has 28 heavy (non-hydrogen) atoms. The van der Waals surface area contributed by atoms with Gasteiger partial charge in [0.05, 0.1) is 38.6 Å². The molecule has 6 heteroatoms. The third kappa shape index (κ3) is 2.61. The van der Waals surface area contributed by atoms with Crippen LogP contribution in [0.1, 0.15) is 37.7 Å². The van der Waals surface area contributed by atoms with Crippen LogP contribution < -0.4 is 0 Å². The van der Waals surface area contributed by atoms with Gasteiger partial charge >= 0.3 is 0 Å². The number of hydrogen-bond acceptors (Lipinski definition) is 5. The molecule has 1 spiro atoms. The Hall–Kier alpha value is -1.92. The Morgan fingerprint density at radius 3 is 2.75 bits per heavy atom. The number of carbonyl (C=O) groups excluding carboxylic acids is 1. The predicted molar refractivity (Wildman–Crippen MR) is 102 cm³/mol. The van der Waals surface area contributed by atoms with E-state index in [0.717, 1.165) is 19.3 Å². The maximum atomic E-state index is 13.1. The second-order valence-electron chi connectivity index (χ2n) is 9.58. The number of oxime groups is 1. The summed E-state index contributed by atoms with van der Waals surface area (Å²) in [6.07, 6.45) is 4.94. The Morgan fingerprint density at radius 2 is 2.00 bits per heavy atom. The van der Waals surface area contributed by atoms with Gasteiger partial charge in [-0.25, -0.2) is 0 Å². The summed E-state index contributed by atoms with van der Waals surface area (Å²) < 4.78 is 12.0. The lowest BCUT2D eigenvalue weighted by Crippen LogP contribution is -2.69. The van der Waals surface area contributed by atoms with Crippen molar-refractivity contribution in [3.63, 3.8) is 0 Å². The zero-order chi connectivity index (χ0) is 18.8. The second kappa shape index (κ2) is 5.80. The molecule has 2 aliphatic carbocycles. The fourth-order valence-electron chi connectivity index (χ4n) is 5.41. The minimum Gasteiger partial charge on any atom is -0.385 e. The van der Waals surface area contributed by atoms with E-state index in [1.807, 2.05) is 23.1 Å². The normalized spacial score (nSPS) is 34.6. The number of nitrogens with zero attached hydrogens (tertiary/aromatic N) is 2. The van der Waals surface area contributed by atoms with Gasteiger partial charge in [-0.1, -0.05) is 35.5 Å². The number of rotatable bonds is 6. The molecule has 2 saturated carbocycles. The average Bonchev–Trinajstić information content (AvgIpc) is 3.15. The Kier molecular flexibility index (Phi) is 3.52. The van der Waals surface area contributed by atoms with Gasteiger partial charge in [0.25, 0.3) is 5.91 Å². The van der Waals surface area contributed by atoms with Crippen LogP contribution in [0.4, 0.5) is 0 Å². The van der Waals surface area contributed by atoms with Crippen LogP contribution in [0.15, 0.2) is 35.5 Å². The van der Waals surface area contributed by atoms with E-state index >= 15 is 0 Å². The number of likely N-dealkylation sites (tertiary alicyclic amines) is 1. The molecule has 6 aliphatic rings. The zero-order valence-electron chi connectivity index (χ0n) is 16.1. The molecule has 148 valence electrons. The van der Waals surface area contributed by atoms with Crippen LogP contribution in [-0.2, 0) is 25.7 Å². The summed E-state index contributed by atoms with van der Waals surface area (Å²) >= 11 is 0. The number of fused-ring (bicyclic) bond motifs is 1. The van der Waals surface area contributed by atoms with Gasteiger partial charge in [0.1, 0.15) is 5.60 Å². The maximum Gasteiger partial charge on any atom is 0.255 e. The van der Waals surface area contributed by atoms with Gasteiger partial charge in [0.2, 0.25) is 0 Å². The van der Waals surface area contributed by atoms with E-state index in [1.54, 1.807) is 0 Å². The fourth-order valence-corrected chi connectivity index (χ4v) is 5.41. The molecule has 0 atom stereocenters. The predicted octanol–water partition coefficient (Wildman–Crippen LogP) is 2.52. The molecule has 0 N–H and O–H groups in total. The molecule has 0 radical (unpaired) electrons. The molecule has 1 aromatic carbocycles. The van der Waals surface area contributed by atoms with E-state index in [4.69, 9.17) is 14.3 Å². The molecule has 3 saturated heterocycles. The number of hydrogen-bond donors (Lipinski definition) is 0. The van der Waals surface area contributed by atoms with Crippen LogP contribution in [0.25, 0.3) is 0 Å². The standard InChI is InChI=1S/C22H26N2O4/c25-19(24-12-21(13-24)8-18(23-28-21)17-6-7-17)22-10-20(11-22,15-27-22)14-26-9-16-4-2-1-3-5-16/h1-5,17H,6-15H2. The number of ether oxygens (including phenoxy) is 2. The van der Waals surface area contributed by atoms with Crippen molar-refractivity contribution in [2.24, 2.45) is 16.5 Å². The van der Waals surface area contributed by atoms with Crippen molar-refractivity contribution in [3.8, 4) is 0 Å². The van der Waals surface area contributed by atoms with Crippen LogP contribution in [0.5, 0.6) is 0 Å². The number of benzene rings is 1. The Labute approximate surface area is 164 Å². The highest BCUT2D eigenvalue weighted by molar-refractivity contribution is 5.92. The second-order valence-corrected chi connectivity index (χ2v) is 9.58. The first-order valence-electron chi connectivity index (χ1n) is 10.4. The molecule has 0 unspecified atom stereocenters. The van der Waals surface area contributed by atoms with E-state index in [-0.39, 0.29) is 16.9 Å². The molecule has 7 rings (SSSR count). The van der Waals surface area contributed by atoms with E-state index in [1.165, 1.54) is 24.1 Å². The molecular formula is C22H26N2O4. The van der Waals surface area contributed by atoms with Crippen LogP contribution in [-0.4, -0.2) is 54.0 Å². The lowest BCUT2D eigenvalue weighted by Gasteiger charge is -2.51. The molecule has 0 aromatic heterocycles. The van der Waals surface area contributed by atoms with Gasteiger partial charge in [-0.15, -0.1) is 0 Å². The Balaban J connectivity index is 1.00. The Bertz CT molecular complexity index is 820. The van der Waals surface area contributed by atoms with E-state index in [2.05, 4.69) is 17.3 Å². The lowest BCUT2D eigenvalue weighted by molar-refractivity contribution is -0.184. The summed E-state index contributed by atoms with van der Waals surface area (Å²) in [5.41, 5.74) is 1.54. The number of amides is 1. The largest absolute Gasteiger partial charge is 0.385 e. The lowest BCUT2D eigenvalue weighted by atomic mass is 9.62. The van der Waals surface area contributed by atoms with Crippen LogP contribution in [0.3, 0.4) is 0 Å². The van der Waals surface area contributed by atoms with Crippen molar-refractivity contribution in [3.05, 3.63) is 35.9 Å². The van der Waals surface area contributed by atoms with Gasteiger partial charge in [0.15, 0.2) is 5.60 Å². The SMILES string of the molecule is O=C(N1CC2(CC(C3CC3)=NO2)C1)C12CC(COCc3ccccc3)(CO1)C2. The topological polar surface area (TPSA) is 60.4 Å². The van der Waals surface area contributed by atoms with Crippen molar-refractivity contribution in [2.45, 2.75) is 49.9 Å². The zero-order valence-corrected chi connectivity index (χ0v) is 16.1. The first-order valence-corrected chi connectivity index (χ1v) is 10.4. The first kappa shape index (κ1) is 17.0. The van der Waals surface area contributed by atoms with Crippen LogP contribution >= 0.6 is 0 Å². The molecule has 2 bridgehead atoms. The molecule has 4 heterocycles. The summed E-state index contributed by atoms with van der Waals surface area (Å²) in [5.74, 6) is 0.779. The van der Waals surface area contributed by atoms with Crippen molar-refractivity contribution in [1.82, 2.24) is 4.90 Å². The van der Waals surface area contributed by atoms with Gasteiger partial charge in [0, 0.05) is 17.8 Å². The van der Waals surface area contributed by atoms with E-state index in [0.29, 0.717) is 38.8 Å². The monoisotopic (exact) mass is 382 g/mol. The Morgan fingerprint density at radius 1 is 1.21 bits per heavy atom. The summed E-state index contributed by atoms with van der Waals surface area (Å²) in [5, 5.41) is 4.29. The minimum atomic E-state index is -0.615. The van der Waals surface area contributed by atoms with Gasteiger partial charge in [-0.05, 0) is 31.2 Å². The van der Waals surface area contributed by atoms with Gasteiger partial charge < -0.3 is 19.2 Å². The van der Waals surface area contributed by atoms with E-state index < -0.39 is 5.60 Å². The molecule has 5 fully saturated rings.